The van der Waals surface area contributed by atoms with Crippen LogP contribution in [-0.2, 0) is 0 Å². The normalized spacial score (nSPS) is 14.6. The van der Waals surface area contributed by atoms with E-state index in [1.54, 1.807) is 28.6 Å². The van der Waals surface area contributed by atoms with Crippen LogP contribution in [0.1, 0.15) is 5.56 Å². The SMILES string of the molecule is Cc1cc[c]([Bi]2[c]3cc([Si](C)(C)C)sc3-c3sc([Si](C)(C)C)c[c]32)cc1. The fourth-order valence-electron chi connectivity index (χ4n) is 3.26. The van der Waals surface area contributed by atoms with Crippen molar-refractivity contribution >= 4 is 79.4 Å². The van der Waals surface area contributed by atoms with Gasteiger partial charge in [0, 0.05) is 0 Å². The zero-order valence-corrected chi connectivity index (χ0v) is 23.8. The number of benzene rings is 1. The quantitative estimate of drug-likeness (QED) is 0.312. The fourth-order valence-corrected chi connectivity index (χ4v) is 23.6. The number of fused-ring (bicyclic) bond motifs is 3. The minimum absolute atomic E-state index is 1.25. The number of hydrogen-bond acceptors (Lipinski definition) is 2. The molecule has 0 amide bonds. The van der Waals surface area contributed by atoms with Crippen LogP contribution in [0.15, 0.2) is 36.4 Å². The maximum atomic E-state index is 2.64. The molecule has 1 aliphatic heterocycles. The van der Waals surface area contributed by atoms with E-state index in [1.165, 1.54) is 5.56 Å². The van der Waals surface area contributed by atoms with Crippen molar-refractivity contribution in [1.29, 1.82) is 0 Å². The van der Waals surface area contributed by atoms with Crippen LogP contribution < -0.4 is 18.8 Å². The van der Waals surface area contributed by atoms with Gasteiger partial charge in [0.2, 0.25) is 0 Å². The zero-order chi connectivity index (χ0) is 18.9. The molecule has 0 N–H and O–H groups in total. The van der Waals surface area contributed by atoms with Crippen LogP contribution in [0.5, 0.6) is 0 Å². The van der Waals surface area contributed by atoms with Crippen molar-refractivity contribution in [3.63, 3.8) is 0 Å². The average molecular weight is 609 g/mol. The van der Waals surface area contributed by atoms with E-state index in [1.807, 2.05) is 0 Å². The van der Waals surface area contributed by atoms with Crippen LogP contribution in [0.4, 0.5) is 0 Å². The van der Waals surface area contributed by atoms with Gasteiger partial charge in [0.15, 0.2) is 0 Å². The molecule has 136 valence electrons. The summed E-state index contributed by atoms with van der Waals surface area (Å²) < 4.78 is 8.60. The number of rotatable bonds is 3. The van der Waals surface area contributed by atoms with Crippen LogP contribution in [-0.4, -0.2) is 37.9 Å². The van der Waals surface area contributed by atoms with Gasteiger partial charge in [-0.05, 0) is 0 Å². The summed E-state index contributed by atoms with van der Waals surface area (Å²) in [5.41, 5.74) is 1.37. The average Bonchev–Trinajstić information content (AvgIpc) is 3.17. The van der Waals surface area contributed by atoms with Crippen LogP contribution >= 0.6 is 22.7 Å². The van der Waals surface area contributed by atoms with Crippen LogP contribution in [0.3, 0.4) is 0 Å². The summed E-state index contributed by atoms with van der Waals surface area (Å²) in [6.07, 6.45) is 0. The predicted molar refractivity (Wildman–Crippen MR) is 129 cm³/mol. The van der Waals surface area contributed by atoms with E-state index in [2.05, 4.69) is 105 Å². The first-order chi connectivity index (χ1) is 12.1. The molecule has 3 aromatic rings. The molecule has 1 aliphatic rings. The fraction of sp³-hybridized carbons (Fsp3) is 0.333. The van der Waals surface area contributed by atoms with Crippen molar-refractivity contribution < 1.29 is 0 Å². The summed E-state index contributed by atoms with van der Waals surface area (Å²) in [5.74, 6) is 0. The topological polar surface area (TPSA) is 0 Å². The molecule has 0 unspecified atom stereocenters. The van der Waals surface area contributed by atoms with Crippen molar-refractivity contribution in [3.05, 3.63) is 42.0 Å². The van der Waals surface area contributed by atoms with Crippen molar-refractivity contribution in [2.45, 2.75) is 46.2 Å². The Balaban J connectivity index is 1.93. The number of thiophene rings is 2. The molecule has 0 saturated carbocycles. The Morgan fingerprint density at radius 1 is 0.692 bits per heavy atom. The monoisotopic (exact) mass is 608 g/mol. The first kappa shape index (κ1) is 19.3. The molecular formula is C21H27BiS2Si2. The summed E-state index contributed by atoms with van der Waals surface area (Å²) in [4.78, 5) is 3.32. The molecular weight excluding hydrogens is 582 g/mol. The van der Waals surface area contributed by atoms with Crippen molar-refractivity contribution in [2.24, 2.45) is 0 Å². The van der Waals surface area contributed by atoms with Gasteiger partial charge in [-0.1, -0.05) is 0 Å². The third-order valence-corrected chi connectivity index (χ3v) is 25.4. The molecule has 0 radical (unpaired) electrons. The van der Waals surface area contributed by atoms with E-state index in [0.717, 1.165) is 0 Å². The van der Waals surface area contributed by atoms with Gasteiger partial charge in [0.05, 0.1) is 0 Å². The molecule has 0 fully saturated rings. The molecule has 4 rings (SSSR count). The van der Waals surface area contributed by atoms with Gasteiger partial charge in [0.25, 0.3) is 0 Å². The molecule has 5 heteroatoms. The molecule has 0 saturated heterocycles. The molecule has 0 spiro atoms. The summed E-state index contributed by atoms with van der Waals surface area (Å²) in [7, 11) is -2.50. The molecule has 0 nitrogen and oxygen atoms in total. The van der Waals surface area contributed by atoms with Crippen molar-refractivity contribution in [3.8, 4) is 9.75 Å². The summed E-state index contributed by atoms with van der Waals surface area (Å²) in [6, 6.07) is 14.8. The molecule has 26 heavy (non-hydrogen) atoms. The van der Waals surface area contributed by atoms with Crippen LogP contribution in [0.2, 0.25) is 39.3 Å². The standard InChI is InChI=1S/C14H20S2Si2.C7H7.Bi/c1-17(2,3)13-9-7-11(15-13)12-8-10-14(16-12)18(4,5)6;1-7-5-3-2-4-6-7;/h9-10H,1-6H3;3-6H,1H3;. The van der Waals surface area contributed by atoms with Gasteiger partial charge in [0.1, 0.15) is 0 Å². The molecule has 0 atom stereocenters. The van der Waals surface area contributed by atoms with E-state index in [-0.39, 0.29) is 0 Å². The number of aryl methyl sites for hydroxylation is 1. The summed E-state index contributed by atoms with van der Waals surface area (Å²) in [5, 5.41) is 0. The maximum absolute atomic E-state index is 2.64. The van der Waals surface area contributed by atoms with Gasteiger partial charge >= 0.3 is 177 Å². The van der Waals surface area contributed by atoms with E-state index in [4.69, 9.17) is 0 Å². The van der Waals surface area contributed by atoms with E-state index < -0.39 is 37.9 Å². The first-order valence-corrected chi connectivity index (χ1v) is 23.1. The third kappa shape index (κ3) is 3.28. The second-order valence-electron chi connectivity index (χ2n) is 9.32. The van der Waals surface area contributed by atoms with Gasteiger partial charge in [-0.2, -0.15) is 0 Å². The van der Waals surface area contributed by atoms with E-state index >= 15 is 0 Å². The Bertz CT molecular complexity index is 911. The molecule has 0 aliphatic carbocycles. The van der Waals surface area contributed by atoms with Gasteiger partial charge in [-0.3, -0.25) is 0 Å². The second-order valence-corrected chi connectivity index (χ2v) is 30.6. The Morgan fingerprint density at radius 2 is 1.12 bits per heavy atom. The predicted octanol–water partition coefficient (Wildman–Crippen LogP) is 3.71. The molecule has 2 aromatic heterocycles. The first-order valence-electron chi connectivity index (χ1n) is 9.21. The van der Waals surface area contributed by atoms with Crippen LogP contribution in [0.25, 0.3) is 9.75 Å². The van der Waals surface area contributed by atoms with E-state index in [9.17, 15) is 0 Å². The summed E-state index contributed by atoms with van der Waals surface area (Å²) >= 11 is 2.17. The second kappa shape index (κ2) is 6.49. The van der Waals surface area contributed by atoms with Gasteiger partial charge in [-0.15, -0.1) is 0 Å². The van der Waals surface area contributed by atoms with Crippen molar-refractivity contribution in [1.82, 2.24) is 0 Å². The third-order valence-electron chi connectivity index (χ3n) is 4.88. The Labute approximate surface area is 176 Å². The molecule has 3 heterocycles. The minimum atomic E-state index is -2.10. The molecule has 1 aromatic carbocycles. The zero-order valence-electron chi connectivity index (χ0n) is 16.7. The summed E-state index contributed by atoms with van der Waals surface area (Å²) in [6.45, 7) is 17.2. The van der Waals surface area contributed by atoms with Gasteiger partial charge < -0.3 is 0 Å². The number of hydrogen-bond donors (Lipinski definition) is 0. The molecule has 0 bridgehead atoms. The Hall–Kier alpha value is -0.0631. The Kier molecular flexibility index (Phi) is 4.80. The van der Waals surface area contributed by atoms with Crippen LogP contribution in [0, 0.1) is 6.92 Å². The van der Waals surface area contributed by atoms with E-state index in [0.29, 0.717) is 0 Å². The Morgan fingerprint density at radius 3 is 1.50 bits per heavy atom. The van der Waals surface area contributed by atoms with Gasteiger partial charge in [-0.25, -0.2) is 0 Å². The van der Waals surface area contributed by atoms with Crippen molar-refractivity contribution in [2.75, 3.05) is 0 Å².